The summed E-state index contributed by atoms with van der Waals surface area (Å²) in [4.78, 5) is 16.6. The first-order valence-corrected chi connectivity index (χ1v) is 12.2. The zero-order valence-electron chi connectivity index (χ0n) is 19.2. The highest BCUT2D eigenvalue weighted by Crippen LogP contribution is 2.40. The molecule has 0 atom stereocenters. The summed E-state index contributed by atoms with van der Waals surface area (Å²) >= 11 is 1.61. The standard InChI is InChI=1S/C29H23N3O2S/c1-3-23(19-8-7-9-21(16-19)29-30-14-15-35-29)28(20-12-13-25-22(17-20)18-31-32-25)24-10-5-6-11-26(24)34-27(33)4-2/h4-18H,2-3H2,1H3,(H,31,32)/b28-23+. The molecular weight excluding hydrogens is 454 g/mol. The highest BCUT2D eigenvalue weighted by atomic mass is 32.1. The average molecular weight is 478 g/mol. The Kier molecular flexibility index (Phi) is 6.37. The molecule has 0 amide bonds. The number of hydrogen-bond donors (Lipinski definition) is 1. The maximum absolute atomic E-state index is 12.1. The van der Waals surface area contributed by atoms with Crippen molar-refractivity contribution >= 4 is 39.4 Å². The molecule has 3 aromatic carbocycles. The minimum absolute atomic E-state index is 0.488. The summed E-state index contributed by atoms with van der Waals surface area (Å²) in [6.07, 6.45) is 5.58. The van der Waals surface area contributed by atoms with Crippen LogP contribution in [0, 0.1) is 0 Å². The number of nitrogens with zero attached hydrogens (tertiary/aromatic N) is 2. The first-order valence-electron chi connectivity index (χ1n) is 11.3. The Bertz CT molecular complexity index is 1550. The van der Waals surface area contributed by atoms with Gasteiger partial charge >= 0.3 is 5.97 Å². The molecule has 0 bridgehead atoms. The number of benzene rings is 3. The second-order valence-electron chi connectivity index (χ2n) is 7.92. The minimum atomic E-state index is -0.495. The molecule has 0 aliphatic heterocycles. The fourth-order valence-electron chi connectivity index (χ4n) is 4.23. The van der Waals surface area contributed by atoms with Gasteiger partial charge in [-0.25, -0.2) is 9.78 Å². The third-order valence-corrected chi connectivity index (χ3v) is 6.63. The predicted octanol–water partition coefficient (Wildman–Crippen LogP) is 7.15. The van der Waals surface area contributed by atoms with E-state index in [1.54, 1.807) is 11.3 Å². The fourth-order valence-corrected chi connectivity index (χ4v) is 4.87. The number of aromatic nitrogens is 3. The second kappa shape index (κ2) is 9.91. The third-order valence-electron chi connectivity index (χ3n) is 5.81. The van der Waals surface area contributed by atoms with Gasteiger partial charge in [0.1, 0.15) is 10.8 Å². The number of nitrogens with one attached hydrogen (secondary N) is 1. The molecule has 6 heteroatoms. The van der Waals surface area contributed by atoms with Crippen LogP contribution in [0.4, 0.5) is 0 Å². The summed E-state index contributed by atoms with van der Waals surface area (Å²) in [7, 11) is 0. The van der Waals surface area contributed by atoms with Gasteiger partial charge in [0.25, 0.3) is 0 Å². The molecule has 0 saturated carbocycles. The van der Waals surface area contributed by atoms with Crippen LogP contribution in [0.25, 0.3) is 32.6 Å². The Labute approximate surface area is 207 Å². The Hall–Kier alpha value is -4.29. The van der Waals surface area contributed by atoms with Gasteiger partial charge in [-0.05, 0) is 53.0 Å². The highest BCUT2D eigenvalue weighted by molar-refractivity contribution is 7.13. The van der Waals surface area contributed by atoms with Crippen molar-refractivity contribution in [1.29, 1.82) is 0 Å². The van der Waals surface area contributed by atoms with Crippen molar-refractivity contribution in [1.82, 2.24) is 15.2 Å². The van der Waals surface area contributed by atoms with E-state index in [1.807, 2.05) is 48.1 Å². The van der Waals surface area contributed by atoms with Crippen LogP contribution in [0.15, 0.2) is 97.2 Å². The molecule has 0 aliphatic rings. The molecule has 5 rings (SSSR count). The van der Waals surface area contributed by atoms with Gasteiger partial charge in [-0.1, -0.05) is 56.0 Å². The largest absolute Gasteiger partial charge is 0.423 e. The number of ether oxygens (including phenoxy) is 1. The molecule has 5 nitrogen and oxygen atoms in total. The number of rotatable bonds is 7. The van der Waals surface area contributed by atoms with E-state index in [2.05, 4.69) is 65.1 Å². The molecule has 0 fully saturated rings. The van der Waals surface area contributed by atoms with Gasteiger partial charge in [0.05, 0.1) is 11.7 Å². The molecule has 2 heterocycles. The lowest BCUT2D eigenvalue weighted by molar-refractivity contribution is -0.128. The molecule has 0 spiro atoms. The predicted molar refractivity (Wildman–Crippen MR) is 142 cm³/mol. The van der Waals surface area contributed by atoms with Crippen molar-refractivity contribution in [3.05, 3.63) is 114 Å². The van der Waals surface area contributed by atoms with Crippen LogP contribution in [0.3, 0.4) is 0 Å². The number of esters is 1. The van der Waals surface area contributed by atoms with Crippen LogP contribution in [0.1, 0.15) is 30.0 Å². The number of allylic oxidation sites excluding steroid dienone is 1. The van der Waals surface area contributed by atoms with Crippen molar-refractivity contribution in [2.75, 3.05) is 0 Å². The molecule has 1 N–H and O–H groups in total. The first-order chi connectivity index (χ1) is 17.2. The Morgan fingerprint density at radius 1 is 1.09 bits per heavy atom. The summed E-state index contributed by atoms with van der Waals surface area (Å²) in [6, 6.07) is 22.2. The number of fused-ring (bicyclic) bond motifs is 1. The number of carbonyl (C=O) groups excluding carboxylic acids is 1. The van der Waals surface area contributed by atoms with Crippen LogP contribution < -0.4 is 4.74 Å². The van der Waals surface area contributed by atoms with Crippen LogP contribution in [0.2, 0.25) is 0 Å². The lowest BCUT2D eigenvalue weighted by atomic mass is 9.87. The number of aromatic amines is 1. The van der Waals surface area contributed by atoms with E-state index >= 15 is 0 Å². The Morgan fingerprint density at radius 2 is 1.97 bits per heavy atom. The summed E-state index contributed by atoms with van der Waals surface area (Å²) < 4.78 is 5.66. The molecular formula is C29H23N3O2S. The highest BCUT2D eigenvalue weighted by Gasteiger charge is 2.19. The van der Waals surface area contributed by atoms with Crippen molar-refractivity contribution in [2.24, 2.45) is 0 Å². The number of thiazole rings is 1. The molecule has 0 unspecified atom stereocenters. The van der Waals surface area contributed by atoms with E-state index in [0.29, 0.717) is 5.75 Å². The van der Waals surface area contributed by atoms with Crippen LogP contribution >= 0.6 is 11.3 Å². The van der Waals surface area contributed by atoms with Gasteiger partial charge in [-0.3, -0.25) is 5.10 Å². The monoisotopic (exact) mass is 477 g/mol. The van der Waals surface area contributed by atoms with Crippen molar-refractivity contribution in [3.8, 4) is 16.3 Å². The molecule has 0 aliphatic carbocycles. The Balaban J connectivity index is 1.77. The summed E-state index contributed by atoms with van der Waals surface area (Å²) in [5.74, 6) is -0.00683. The second-order valence-corrected chi connectivity index (χ2v) is 8.81. The average Bonchev–Trinajstić information content (AvgIpc) is 3.60. The maximum atomic E-state index is 12.1. The van der Waals surface area contributed by atoms with E-state index in [9.17, 15) is 4.79 Å². The SMILES string of the molecule is C=CC(=O)Oc1ccccc1/C(=C(\CC)c1cccc(-c2nccs2)c1)c1ccc2[nH]ncc2c1. The van der Waals surface area contributed by atoms with Gasteiger partial charge < -0.3 is 4.74 Å². The maximum Gasteiger partial charge on any atom is 0.335 e. The lowest BCUT2D eigenvalue weighted by Crippen LogP contribution is -2.06. The van der Waals surface area contributed by atoms with Gasteiger partial charge in [-0.15, -0.1) is 11.3 Å². The lowest BCUT2D eigenvalue weighted by Gasteiger charge is -2.19. The van der Waals surface area contributed by atoms with E-state index in [4.69, 9.17) is 4.74 Å². The third kappa shape index (κ3) is 4.56. The summed E-state index contributed by atoms with van der Waals surface area (Å²) in [5, 5.41) is 11.2. The van der Waals surface area contributed by atoms with E-state index in [1.165, 1.54) is 6.08 Å². The number of hydrogen-bond acceptors (Lipinski definition) is 5. The van der Waals surface area contributed by atoms with Crippen LogP contribution in [0.5, 0.6) is 5.75 Å². The van der Waals surface area contributed by atoms with E-state index in [-0.39, 0.29) is 0 Å². The van der Waals surface area contributed by atoms with Gasteiger partial charge in [0.2, 0.25) is 0 Å². The first kappa shape index (κ1) is 22.5. The van der Waals surface area contributed by atoms with Crippen molar-refractivity contribution in [3.63, 3.8) is 0 Å². The molecule has 172 valence electrons. The van der Waals surface area contributed by atoms with Gasteiger partial charge in [0, 0.05) is 34.2 Å². The smallest absolute Gasteiger partial charge is 0.335 e. The van der Waals surface area contributed by atoms with Crippen molar-refractivity contribution in [2.45, 2.75) is 13.3 Å². The molecule has 2 aromatic heterocycles. The molecule has 35 heavy (non-hydrogen) atoms. The topological polar surface area (TPSA) is 67.9 Å². The zero-order chi connectivity index (χ0) is 24.2. The van der Waals surface area contributed by atoms with E-state index < -0.39 is 5.97 Å². The molecule has 0 saturated heterocycles. The van der Waals surface area contributed by atoms with Crippen molar-refractivity contribution < 1.29 is 9.53 Å². The number of para-hydroxylation sites is 1. The molecule has 5 aromatic rings. The van der Waals surface area contributed by atoms with Crippen LogP contribution in [-0.4, -0.2) is 21.2 Å². The summed E-state index contributed by atoms with van der Waals surface area (Å²) in [6.45, 7) is 5.69. The van der Waals surface area contributed by atoms with Gasteiger partial charge in [-0.2, -0.15) is 5.10 Å². The number of H-pyrrole nitrogens is 1. The van der Waals surface area contributed by atoms with Gasteiger partial charge in [0.15, 0.2) is 0 Å². The summed E-state index contributed by atoms with van der Waals surface area (Å²) in [5.41, 5.74) is 7.10. The minimum Gasteiger partial charge on any atom is -0.423 e. The quantitative estimate of drug-likeness (QED) is 0.117. The Morgan fingerprint density at radius 3 is 2.77 bits per heavy atom. The molecule has 0 radical (unpaired) electrons. The van der Waals surface area contributed by atoms with E-state index in [0.717, 1.165) is 55.7 Å². The van der Waals surface area contributed by atoms with Crippen LogP contribution in [-0.2, 0) is 4.79 Å². The number of carbonyl (C=O) groups is 1. The zero-order valence-corrected chi connectivity index (χ0v) is 20.0. The fraction of sp³-hybridized carbons (Fsp3) is 0.0690. The normalized spacial score (nSPS) is 11.8.